The van der Waals surface area contributed by atoms with Crippen LogP contribution in [0.2, 0.25) is 0 Å². The van der Waals surface area contributed by atoms with Crippen LogP contribution in [-0.2, 0) is 4.74 Å². The van der Waals surface area contributed by atoms with E-state index in [1.165, 1.54) is 38.5 Å². The van der Waals surface area contributed by atoms with Crippen molar-refractivity contribution in [1.82, 2.24) is 19.8 Å². The molecule has 1 aliphatic heterocycles. The third-order valence-corrected chi connectivity index (χ3v) is 5.93. The predicted molar refractivity (Wildman–Crippen MR) is 110 cm³/mol. The van der Waals surface area contributed by atoms with Gasteiger partial charge in [-0.05, 0) is 38.5 Å². The van der Waals surface area contributed by atoms with Crippen LogP contribution in [0.3, 0.4) is 0 Å². The lowest BCUT2D eigenvalue weighted by molar-refractivity contribution is 0.0281. The predicted octanol–water partition coefficient (Wildman–Crippen LogP) is 3.47. The smallest absolute Gasteiger partial charge is 0.193 e. The van der Waals surface area contributed by atoms with Gasteiger partial charge in [0.1, 0.15) is 0 Å². The minimum Gasteiger partial charge on any atom is -0.378 e. The Hall–Kier alpha value is -1.56. The number of rotatable bonds is 7. The van der Waals surface area contributed by atoms with Crippen molar-refractivity contribution in [2.75, 3.05) is 32.8 Å². The zero-order valence-corrected chi connectivity index (χ0v) is 17.1. The molecule has 3 rings (SSSR count). The highest BCUT2D eigenvalue weighted by Crippen LogP contribution is 2.27. The van der Waals surface area contributed by atoms with E-state index in [0.29, 0.717) is 18.1 Å². The van der Waals surface area contributed by atoms with Gasteiger partial charge >= 0.3 is 0 Å². The molecule has 0 bridgehead atoms. The summed E-state index contributed by atoms with van der Waals surface area (Å²) in [6.45, 7) is 9.10. The van der Waals surface area contributed by atoms with Gasteiger partial charge in [0.25, 0.3) is 0 Å². The number of nitrogens with zero attached hydrogens (tertiary/aromatic N) is 4. The van der Waals surface area contributed by atoms with E-state index >= 15 is 0 Å². The van der Waals surface area contributed by atoms with Crippen molar-refractivity contribution in [3.05, 3.63) is 18.7 Å². The molecular formula is C21H37N5O. The van der Waals surface area contributed by atoms with Crippen LogP contribution in [0.1, 0.15) is 64.8 Å². The maximum Gasteiger partial charge on any atom is 0.193 e. The van der Waals surface area contributed by atoms with Gasteiger partial charge in [0.2, 0.25) is 0 Å². The molecule has 6 heteroatoms. The number of ether oxygens (including phenoxy) is 1. The maximum atomic E-state index is 6.04. The summed E-state index contributed by atoms with van der Waals surface area (Å²) in [5.41, 5.74) is 0. The molecule has 2 heterocycles. The molecule has 6 nitrogen and oxygen atoms in total. The third kappa shape index (κ3) is 5.96. The lowest BCUT2D eigenvalue weighted by atomic mass is 9.93. The van der Waals surface area contributed by atoms with Crippen LogP contribution in [0.5, 0.6) is 0 Å². The number of hydrogen-bond donors (Lipinski definition) is 1. The molecule has 2 unspecified atom stereocenters. The molecule has 1 N–H and O–H groups in total. The van der Waals surface area contributed by atoms with E-state index in [1.807, 2.05) is 12.5 Å². The zero-order chi connectivity index (χ0) is 18.9. The Bertz CT molecular complexity index is 553. The average Bonchev–Trinajstić information content (AvgIpc) is 3.23. The number of aliphatic imine (C=N–C) groups is 1. The molecule has 1 aliphatic carbocycles. The summed E-state index contributed by atoms with van der Waals surface area (Å²) < 4.78 is 8.29. The van der Waals surface area contributed by atoms with Crippen LogP contribution in [-0.4, -0.2) is 59.3 Å². The quantitative estimate of drug-likeness (QED) is 0.450. The van der Waals surface area contributed by atoms with Crippen LogP contribution < -0.4 is 5.32 Å². The molecule has 2 fully saturated rings. The molecule has 2 atom stereocenters. The highest BCUT2D eigenvalue weighted by atomic mass is 16.5. The topological polar surface area (TPSA) is 54.7 Å². The van der Waals surface area contributed by atoms with Crippen LogP contribution >= 0.6 is 0 Å². The second-order valence-electron chi connectivity index (χ2n) is 8.01. The van der Waals surface area contributed by atoms with Crippen molar-refractivity contribution in [3.8, 4) is 0 Å². The van der Waals surface area contributed by atoms with E-state index in [0.717, 1.165) is 45.2 Å². The van der Waals surface area contributed by atoms with Gasteiger partial charge in [0.15, 0.2) is 5.96 Å². The van der Waals surface area contributed by atoms with E-state index in [-0.39, 0.29) is 0 Å². The summed E-state index contributed by atoms with van der Waals surface area (Å²) in [6, 6.07) is 0.458. The van der Waals surface area contributed by atoms with Crippen LogP contribution in [0.4, 0.5) is 0 Å². The first kappa shape index (κ1) is 20.2. The summed E-state index contributed by atoms with van der Waals surface area (Å²) in [7, 11) is 0. The molecule has 1 saturated heterocycles. The molecule has 0 aromatic carbocycles. The molecule has 0 spiro atoms. The van der Waals surface area contributed by atoms with Crippen molar-refractivity contribution in [2.24, 2.45) is 10.9 Å². The fraction of sp³-hybridized carbons (Fsp3) is 0.810. The zero-order valence-electron chi connectivity index (χ0n) is 17.1. The van der Waals surface area contributed by atoms with Crippen molar-refractivity contribution in [1.29, 1.82) is 0 Å². The van der Waals surface area contributed by atoms with Gasteiger partial charge in [-0.15, -0.1) is 0 Å². The number of likely N-dealkylation sites (tertiary alicyclic amines) is 1. The van der Waals surface area contributed by atoms with E-state index in [4.69, 9.17) is 9.73 Å². The molecule has 152 valence electrons. The SMILES string of the molecule is CCNC(=NCCCOC1CCCCC1)N1CCC(C)C(n2ccnc2)C1. The number of nitrogens with one attached hydrogen (secondary N) is 1. The summed E-state index contributed by atoms with van der Waals surface area (Å²) in [6.07, 6.45) is 15.1. The lowest BCUT2D eigenvalue weighted by Gasteiger charge is -2.39. The number of piperidine rings is 1. The highest BCUT2D eigenvalue weighted by molar-refractivity contribution is 5.80. The first-order chi connectivity index (χ1) is 13.3. The van der Waals surface area contributed by atoms with Gasteiger partial charge in [-0.2, -0.15) is 0 Å². The standard InChI is InChI=1S/C21H37N5O/c1-3-23-21(24-11-7-15-27-19-8-5-4-6-9-19)25-13-10-18(2)20(16-25)26-14-12-22-17-26/h12,14,17-20H,3-11,13,15-16H2,1-2H3,(H,23,24). The minimum atomic E-state index is 0.458. The molecule has 1 aromatic rings. The Balaban J connectivity index is 1.48. The van der Waals surface area contributed by atoms with E-state index < -0.39 is 0 Å². The van der Waals surface area contributed by atoms with Crippen LogP contribution in [0.25, 0.3) is 0 Å². The van der Waals surface area contributed by atoms with E-state index in [9.17, 15) is 0 Å². The monoisotopic (exact) mass is 375 g/mol. The van der Waals surface area contributed by atoms with Gasteiger partial charge in [0.05, 0.1) is 18.5 Å². The Kier molecular flexibility index (Phi) is 7.99. The Labute approximate surface area is 164 Å². The highest BCUT2D eigenvalue weighted by Gasteiger charge is 2.28. The summed E-state index contributed by atoms with van der Waals surface area (Å²) in [5, 5.41) is 3.48. The van der Waals surface area contributed by atoms with Gasteiger partial charge in [-0.1, -0.05) is 26.2 Å². The van der Waals surface area contributed by atoms with Crippen LogP contribution in [0.15, 0.2) is 23.7 Å². The van der Waals surface area contributed by atoms with Crippen molar-refractivity contribution in [3.63, 3.8) is 0 Å². The Morgan fingerprint density at radius 3 is 2.85 bits per heavy atom. The second-order valence-corrected chi connectivity index (χ2v) is 8.01. The van der Waals surface area contributed by atoms with Crippen LogP contribution in [0, 0.1) is 5.92 Å². The van der Waals surface area contributed by atoms with E-state index in [2.05, 4.69) is 39.8 Å². The minimum absolute atomic E-state index is 0.458. The molecule has 0 amide bonds. The maximum absolute atomic E-state index is 6.04. The van der Waals surface area contributed by atoms with Gasteiger partial charge in [-0.3, -0.25) is 4.99 Å². The van der Waals surface area contributed by atoms with Gasteiger partial charge in [-0.25, -0.2) is 4.98 Å². The molecule has 1 aromatic heterocycles. The van der Waals surface area contributed by atoms with Crippen molar-refractivity contribution in [2.45, 2.75) is 70.9 Å². The van der Waals surface area contributed by atoms with Crippen molar-refractivity contribution >= 4 is 5.96 Å². The Morgan fingerprint density at radius 1 is 1.26 bits per heavy atom. The second kappa shape index (κ2) is 10.7. The first-order valence-corrected chi connectivity index (χ1v) is 10.9. The average molecular weight is 376 g/mol. The fourth-order valence-electron chi connectivity index (χ4n) is 4.25. The van der Waals surface area contributed by atoms with E-state index in [1.54, 1.807) is 0 Å². The van der Waals surface area contributed by atoms with Crippen molar-refractivity contribution < 1.29 is 4.74 Å². The third-order valence-electron chi connectivity index (χ3n) is 5.93. The normalized spacial score (nSPS) is 25.0. The lowest BCUT2D eigenvalue weighted by Crippen LogP contribution is -2.49. The molecule has 27 heavy (non-hydrogen) atoms. The largest absolute Gasteiger partial charge is 0.378 e. The summed E-state index contributed by atoms with van der Waals surface area (Å²) in [4.78, 5) is 11.5. The number of guanidine groups is 1. The Morgan fingerprint density at radius 2 is 2.11 bits per heavy atom. The molecule has 2 aliphatic rings. The van der Waals surface area contributed by atoms with Gasteiger partial charge in [0, 0.05) is 45.2 Å². The molecule has 0 radical (unpaired) electrons. The fourth-order valence-corrected chi connectivity index (χ4v) is 4.25. The first-order valence-electron chi connectivity index (χ1n) is 10.9. The summed E-state index contributed by atoms with van der Waals surface area (Å²) >= 11 is 0. The molecule has 1 saturated carbocycles. The van der Waals surface area contributed by atoms with Gasteiger partial charge < -0.3 is 19.5 Å². The molecular weight excluding hydrogens is 338 g/mol. The number of hydrogen-bond acceptors (Lipinski definition) is 3. The summed E-state index contributed by atoms with van der Waals surface area (Å²) in [5.74, 6) is 1.70. The number of aromatic nitrogens is 2. The number of imidazole rings is 1.